The summed E-state index contributed by atoms with van der Waals surface area (Å²) in [7, 11) is 0. The number of thiophene rings is 1. The molecule has 2 aromatic heterocycles. The Hall–Kier alpha value is -0.680. The summed E-state index contributed by atoms with van der Waals surface area (Å²) in [5.41, 5.74) is 0. The normalized spacial score (nSPS) is 15.9. The van der Waals surface area contributed by atoms with Crippen molar-refractivity contribution >= 4 is 43.3 Å². The summed E-state index contributed by atoms with van der Waals surface area (Å²) in [6, 6.07) is 2.88. The molecule has 1 aliphatic rings. The Morgan fingerprint density at radius 3 is 2.94 bits per heavy atom. The molecule has 0 aliphatic heterocycles. The average molecular weight is 326 g/mol. The Balaban J connectivity index is 2.04. The molecule has 2 heterocycles. The Morgan fingerprint density at radius 2 is 2.28 bits per heavy atom. The minimum absolute atomic E-state index is 0.667. The maximum absolute atomic E-state index is 4.54. The largest absolute Gasteiger partial charge is 0.352 e. The lowest BCUT2D eigenvalue weighted by atomic mass is 9.91. The summed E-state index contributed by atoms with van der Waals surface area (Å²) in [6.45, 7) is 3.15. The Bertz CT molecular complexity index is 550. The average Bonchev–Trinajstić information content (AvgIpc) is 2.66. The van der Waals surface area contributed by atoms with Crippen molar-refractivity contribution in [3.05, 3.63) is 17.3 Å². The zero-order chi connectivity index (χ0) is 12.5. The van der Waals surface area contributed by atoms with Gasteiger partial charge in [0.05, 0.1) is 5.39 Å². The van der Waals surface area contributed by atoms with Crippen molar-refractivity contribution < 1.29 is 0 Å². The number of anilines is 1. The van der Waals surface area contributed by atoms with Crippen LogP contribution in [0.3, 0.4) is 0 Å². The van der Waals surface area contributed by atoms with E-state index in [1.807, 2.05) is 0 Å². The fourth-order valence-corrected chi connectivity index (χ4v) is 3.67. The molecule has 3 nitrogen and oxygen atoms in total. The van der Waals surface area contributed by atoms with Crippen LogP contribution in [0.5, 0.6) is 0 Å². The highest BCUT2D eigenvalue weighted by molar-refractivity contribution is 9.09. The first-order chi connectivity index (χ1) is 8.79. The lowest BCUT2D eigenvalue weighted by molar-refractivity contribution is 0.389. The molecule has 5 heteroatoms. The van der Waals surface area contributed by atoms with Gasteiger partial charge in [0.25, 0.3) is 0 Å². The molecular formula is C13H16BrN3S. The van der Waals surface area contributed by atoms with Crippen molar-refractivity contribution in [1.29, 1.82) is 0 Å². The van der Waals surface area contributed by atoms with E-state index in [1.165, 1.54) is 29.5 Å². The highest BCUT2D eigenvalue weighted by Crippen LogP contribution is 2.34. The first kappa shape index (κ1) is 12.4. The third-order valence-electron chi connectivity index (χ3n) is 3.54. The quantitative estimate of drug-likeness (QED) is 0.801. The van der Waals surface area contributed by atoms with Crippen molar-refractivity contribution in [3.63, 3.8) is 0 Å². The number of rotatable bonds is 4. The van der Waals surface area contributed by atoms with E-state index in [1.54, 1.807) is 17.7 Å². The number of halogens is 1. The fourth-order valence-electron chi connectivity index (χ4n) is 2.44. The predicted octanol–water partition coefficient (Wildman–Crippen LogP) is 3.75. The summed E-state index contributed by atoms with van der Waals surface area (Å²) >= 11 is 5.31. The Kier molecular flexibility index (Phi) is 3.52. The highest BCUT2D eigenvalue weighted by atomic mass is 79.9. The van der Waals surface area contributed by atoms with Gasteiger partial charge in [-0.05, 0) is 32.3 Å². The van der Waals surface area contributed by atoms with Crippen LogP contribution < -0.4 is 4.90 Å². The van der Waals surface area contributed by atoms with Gasteiger partial charge in [-0.3, -0.25) is 0 Å². The molecule has 18 heavy (non-hydrogen) atoms. The molecule has 0 atom stereocenters. The first-order valence-corrected chi connectivity index (χ1v) is 8.27. The summed E-state index contributed by atoms with van der Waals surface area (Å²) < 4.78 is 0. The van der Waals surface area contributed by atoms with Gasteiger partial charge in [-0.25, -0.2) is 9.97 Å². The van der Waals surface area contributed by atoms with E-state index >= 15 is 0 Å². The van der Waals surface area contributed by atoms with E-state index in [9.17, 15) is 0 Å². The second-order valence-electron chi connectivity index (χ2n) is 4.74. The van der Waals surface area contributed by atoms with Crippen LogP contribution in [-0.2, 0) is 0 Å². The zero-order valence-electron chi connectivity index (χ0n) is 10.4. The Morgan fingerprint density at radius 1 is 1.44 bits per heavy atom. The molecule has 0 radical (unpaired) electrons. The number of aromatic nitrogens is 2. The van der Waals surface area contributed by atoms with Crippen LogP contribution in [-0.4, -0.2) is 27.9 Å². The minimum Gasteiger partial charge on any atom is -0.352 e. The van der Waals surface area contributed by atoms with Gasteiger partial charge in [0.1, 0.15) is 17.0 Å². The molecule has 0 aromatic carbocycles. The molecule has 0 N–H and O–H groups in total. The van der Waals surface area contributed by atoms with E-state index in [0.717, 1.165) is 22.5 Å². The number of alkyl halides is 1. The van der Waals surface area contributed by atoms with Gasteiger partial charge in [-0.15, -0.1) is 11.3 Å². The van der Waals surface area contributed by atoms with Crippen LogP contribution in [0.1, 0.15) is 24.1 Å². The van der Waals surface area contributed by atoms with Gasteiger partial charge in [0.15, 0.2) is 0 Å². The highest BCUT2D eigenvalue weighted by Gasteiger charge is 2.27. The van der Waals surface area contributed by atoms with Crippen molar-refractivity contribution in [1.82, 2.24) is 9.97 Å². The Labute approximate surface area is 119 Å². The van der Waals surface area contributed by atoms with Crippen molar-refractivity contribution in [3.8, 4) is 0 Å². The number of hydrogen-bond donors (Lipinski definition) is 0. The van der Waals surface area contributed by atoms with Crippen molar-refractivity contribution in [2.45, 2.75) is 32.2 Å². The summed E-state index contributed by atoms with van der Waals surface area (Å²) in [5, 5.41) is 2.20. The van der Waals surface area contributed by atoms with Gasteiger partial charge in [0, 0.05) is 22.8 Å². The molecule has 0 amide bonds. The molecule has 2 aromatic rings. The molecule has 3 rings (SSSR count). The van der Waals surface area contributed by atoms with E-state index in [4.69, 9.17) is 0 Å². The number of hydrogen-bond acceptors (Lipinski definition) is 4. The number of fused-ring (bicyclic) bond motifs is 1. The van der Waals surface area contributed by atoms with Gasteiger partial charge >= 0.3 is 0 Å². The van der Waals surface area contributed by atoms with Crippen LogP contribution in [0.15, 0.2) is 12.4 Å². The summed E-state index contributed by atoms with van der Waals surface area (Å²) in [5.74, 6) is 1.12. The summed E-state index contributed by atoms with van der Waals surface area (Å²) in [6.07, 6.45) is 5.64. The first-order valence-electron chi connectivity index (χ1n) is 6.33. The van der Waals surface area contributed by atoms with Crippen LogP contribution in [0, 0.1) is 6.92 Å². The van der Waals surface area contributed by atoms with Gasteiger partial charge in [-0.2, -0.15) is 0 Å². The molecule has 0 spiro atoms. The number of nitrogens with zero attached hydrogens (tertiary/aromatic N) is 3. The molecule has 0 saturated heterocycles. The second-order valence-corrected chi connectivity index (χ2v) is 6.77. The molecular weight excluding hydrogens is 310 g/mol. The SMILES string of the molecule is Cc1cc2c(N(CCBr)C3CCC3)ncnc2s1. The van der Waals surface area contributed by atoms with E-state index < -0.39 is 0 Å². The van der Waals surface area contributed by atoms with Crippen LogP contribution in [0.2, 0.25) is 0 Å². The van der Waals surface area contributed by atoms with Crippen molar-refractivity contribution in [2.75, 3.05) is 16.8 Å². The molecule has 0 unspecified atom stereocenters. The minimum atomic E-state index is 0.667. The smallest absolute Gasteiger partial charge is 0.141 e. The lowest BCUT2D eigenvalue weighted by Gasteiger charge is -2.38. The lowest BCUT2D eigenvalue weighted by Crippen LogP contribution is -2.42. The van der Waals surface area contributed by atoms with Crippen molar-refractivity contribution in [2.24, 2.45) is 0 Å². The topological polar surface area (TPSA) is 29.0 Å². The molecule has 1 saturated carbocycles. The molecule has 1 fully saturated rings. The molecule has 1 aliphatic carbocycles. The fraction of sp³-hybridized carbons (Fsp3) is 0.538. The zero-order valence-corrected chi connectivity index (χ0v) is 12.8. The second kappa shape index (κ2) is 5.13. The van der Waals surface area contributed by atoms with Crippen LogP contribution in [0.25, 0.3) is 10.2 Å². The van der Waals surface area contributed by atoms with E-state index in [0.29, 0.717) is 6.04 Å². The summed E-state index contributed by atoms with van der Waals surface area (Å²) in [4.78, 5) is 13.8. The predicted molar refractivity (Wildman–Crippen MR) is 80.9 cm³/mol. The maximum atomic E-state index is 4.54. The van der Waals surface area contributed by atoms with Gasteiger partial charge in [-0.1, -0.05) is 15.9 Å². The van der Waals surface area contributed by atoms with Crippen LogP contribution >= 0.6 is 27.3 Å². The van der Waals surface area contributed by atoms with Gasteiger partial charge < -0.3 is 4.90 Å². The van der Waals surface area contributed by atoms with Gasteiger partial charge in [0.2, 0.25) is 0 Å². The molecule has 0 bridgehead atoms. The maximum Gasteiger partial charge on any atom is 0.141 e. The third-order valence-corrected chi connectivity index (χ3v) is 4.86. The van der Waals surface area contributed by atoms with Crippen LogP contribution in [0.4, 0.5) is 5.82 Å². The van der Waals surface area contributed by atoms with E-state index in [2.05, 4.69) is 43.8 Å². The number of aryl methyl sites for hydroxylation is 1. The monoisotopic (exact) mass is 325 g/mol. The third kappa shape index (κ3) is 2.14. The molecule has 96 valence electrons. The van der Waals surface area contributed by atoms with E-state index in [-0.39, 0.29) is 0 Å². The standard InChI is InChI=1S/C13H16BrN3S/c1-9-7-11-12(15-8-16-13(11)18-9)17(6-5-14)10-3-2-4-10/h7-8,10H,2-6H2,1H3.